The summed E-state index contributed by atoms with van der Waals surface area (Å²) in [5.74, 6) is 0.351. The lowest BCUT2D eigenvalue weighted by Gasteiger charge is -2.26. The van der Waals surface area contributed by atoms with Gasteiger partial charge < -0.3 is 9.88 Å². The van der Waals surface area contributed by atoms with Gasteiger partial charge in [0.1, 0.15) is 0 Å². The number of benzene rings is 2. The van der Waals surface area contributed by atoms with Crippen LogP contribution in [-0.4, -0.2) is 34.6 Å². The number of rotatable bonds is 4. The van der Waals surface area contributed by atoms with Crippen LogP contribution in [-0.2, 0) is 4.79 Å². The molecule has 0 atom stereocenters. The Morgan fingerprint density at radius 1 is 1.07 bits per heavy atom. The Balaban J connectivity index is 1.75. The number of aromatic nitrogens is 1. The van der Waals surface area contributed by atoms with Crippen molar-refractivity contribution in [3.63, 3.8) is 0 Å². The fraction of sp³-hybridized carbons (Fsp3) is 0.273. The molecule has 2 aromatic carbocycles. The number of fused-ring (bicyclic) bond motifs is 1. The van der Waals surface area contributed by atoms with Crippen molar-refractivity contribution in [3.8, 4) is 11.1 Å². The molecule has 1 aliphatic heterocycles. The van der Waals surface area contributed by atoms with E-state index in [2.05, 4.69) is 4.98 Å². The van der Waals surface area contributed by atoms with E-state index in [1.165, 1.54) is 18.2 Å². The van der Waals surface area contributed by atoms with Gasteiger partial charge in [0.05, 0.1) is 10.6 Å². The van der Waals surface area contributed by atoms with Crippen molar-refractivity contribution >= 4 is 40.2 Å². The van der Waals surface area contributed by atoms with Crippen LogP contribution in [0.25, 0.3) is 22.0 Å². The summed E-state index contributed by atoms with van der Waals surface area (Å²) in [7, 11) is 0. The number of halogens is 1. The zero-order valence-electron chi connectivity index (χ0n) is 15.4. The van der Waals surface area contributed by atoms with E-state index in [1.54, 1.807) is 6.07 Å². The normalized spacial score (nSPS) is 14.4. The van der Waals surface area contributed by atoms with Crippen LogP contribution in [0.2, 0.25) is 5.02 Å². The molecule has 1 saturated heterocycles. The third kappa shape index (κ3) is 3.96. The molecule has 1 aromatic heterocycles. The molecule has 1 aliphatic rings. The van der Waals surface area contributed by atoms with Gasteiger partial charge in [0, 0.05) is 34.6 Å². The average molecular weight is 413 g/mol. The molecule has 1 N–H and O–H groups in total. The fourth-order valence-corrected chi connectivity index (χ4v) is 4.82. The summed E-state index contributed by atoms with van der Waals surface area (Å²) in [5, 5.41) is 1.49. The largest absolute Gasteiger partial charge is 0.342 e. The van der Waals surface area contributed by atoms with Crippen LogP contribution in [0.5, 0.6) is 0 Å². The molecule has 1 fully saturated rings. The first-order chi connectivity index (χ1) is 13.6. The Morgan fingerprint density at radius 3 is 2.57 bits per heavy atom. The summed E-state index contributed by atoms with van der Waals surface area (Å²) in [6, 6.07) is 15.2. The molecule has 0 saturated carbocycles. The van der Waals surface area contributed by atoms with Gasteiger partial charge in [-0.25, -0.2) is 0 Å². The quantitative estimate of drug-likeness (QED) is 0.616. The maximum absolute atomic E-state index is 12.9. The highest BCUT2D eigenvalue weighted by Crippen LogP contribution is 2.35. The molecule has 6 heteroatoms. The van der Waals surface area contributed by atoms with Gasteiger partial charge in [0.15, 0.2) is 0 Å². The number of aromatic amines is 1. The predicted octanol–water partition coefficient (Wildman–Crippen LogP) is 4.95. The molecular weight excluding hydrogens is 392 g/mol. The highest BCUT2D eigenvalue weighted by molar-refractivity contribution is 8.00. The SMILES string of the molecule is O=C(CSc1c(-c2ccccc2)c2cc(Cl)ccc2[nH]c1=O)N1CCCCC1. The summed E-state index contributed by atoms with van der Waals surface area (Å²) in [4.78, 5) is 30.9. The minimum absolute atomic E-state index is 0.0919. The summed E-state index contributed by atoms with van der Waals surface area (Å²) < 4.78 is 0. The molecular formula is C22H21ClN2O2S. The van der Waals surface area contributed by atoms with Gasteiger partial charge in [-0.05, 0) is 43.0 Å². The van der Waals surface area contributed by atoms with Crippen LogP contribution in [0.1, 0.15) is 19.3 Å². The van der Waals surface area contributed by atoms with Crippen LogP contribution < -0.4 is 5.56 Å². The van der Waals surface area contributed by atoms with Crippen LogP contribution in [0.3, 0.4) is 0 Å². The third-order valence-corrected chi connectivity index (χ3v) is 6.35. The van der Waals surface area contributed by atoms with Crippen molar-refractivity contribution in [2.75, 3.05) is 18.8 Å². The topological polar surface area (TPSA) is 53.2 Å². The standard InChI is InChI=1S/C22H21ClN2O2S/c23-16-9-10-18-17(13-16)20(15-7-3-1-4-8-15)21(22(27)24-18)28-14-19(26)25-11-5-2-6-12-25/h1,3-4,7-10,13H,2,5-6,11-12,14H2,(H,24,27). The molecule has 3 aromatic rings. The molecule has 28 heavy (non-hydrogen) atoms. The van der Waals surface area contributed by atoms with E-state index in [0.29, 0.717) is 9.92 Å². The summed E-state index contributed by atoms with van der Waals surface area (Å²) >= 11 is 7.55. The third-order valence-electron chi connectivity index (χ3n) is 5.04. The van der Waals surface area contributed by atoms with Crippen LogP contribution in [0, 0.1) is 0 Å². The molecule has 0 radical (unpaired) electrons. The lowest BCUT2D eigenvalue weighted by molar-refractivity contribution is -0.129. The van der Waals surface area contributed by atoms with Gasteiger partial charge in [0.25, 0.3) is 5.56 Å². The number of carbonyl (C=O) groups is 1. The summed E-state index contributed by atoms with van der Waals surface area (Å²) in [5.41, 5.74) is 2.33. The van der Waals surface area contributed by atoms with Crippen LogP contribution in [0.15, 0.2) is 58.2 Å². The maximum Gasteiger partial charge on any atom is 0.262 e. The lowest BCUT2D eigenvalue weighted by atomic mass is 10.0. The lowest BCUT2D eigenvalue weighted by Crippen LogP contribution is -2.36. The van der Waals surface area contributed by atoms with Gasteiger partial charge in [0.2, 0.25) is 5.91 Å². The van der Waals surface area contributed by atoms with Crippen LogP contribution >= 0.6 is 23.4 Å². The van der Waals surface area contributed by atoms with E-state index in [9.17, 15) is 9.59 Å². The van der Waals surface area contributed by atoms with Gasteiger partial charge in [-0.3, -0.25) is 9.59 Å². The van der Waals surface area contributed by atoms with Gasteiger partial charge in [-0.1, -0.05) is 41.9 Å². The highest BCUT2D eigenvalue weighted by atomic mass is 35.5. The number of hydrogen-bond acceptors (Lipinski definition) is 3. The molecule has 0 bridgehead atoms. The number of thioether (sulfide) groups is 1. The van der Waals surface area contributed by atoms with E-state index in [-0.39, 0.29) is 17.2 Å². The molecule has 2 heterocycles. The Morgan fingerprint density at radius 2 is 1.82 bits per heavy atom. The smallest absolute Gasteiger partial charge is 0.262 e. The number of piperidine rings is 1. The zero-order valence-corrected chi connectivity index (χ0v) is 17.0. The summed E-state index contributed by atoms with van der Waals surface area (Å²) in [6.45, 7) is 1.63. The van der Waals surface area contributed by atoms with Gasteiger partial charge in [-0.15, -0.1) is 11.8 Å². The summed E-state index contributed by atoms with van der Waals surface area (Å²) in [6.07, 6.45) is 3.29. The Hall–Kier alpha value is -2.24. The zero-order chi connectivity index (χ0) is 19.5. The van der Waals surface area contributed by atoms with E-state index in [0.717, 1.165) is 48.0 Å². The van der Waals surface area contributed by atoms with Crippen molar-refractivity contribution in [1.29, 1.82) is 0 Å². The van der Waals surface area contributed by atoms with Crippen molar-refractivity contribution in [1.82, 2.24) is 9.88 Å². The first-order valence-corrected chi connectivity index (χ1v) is 10.8. The minimum atomic E-state index is -0.176. The molecule has 0 unspecified atom stereocenters. The minimum Gasteiger partial charge on any atom is -0.342 e. The highest BCUT2D eigenvalue weighted by Gasteiger charge is 2.20. The Bertz CT molecular complexity index is 1060. The second kappa shape index (κ2) is 8.41. The predicted molar refractivity (Wildman–Crippen MR) is 116 cm³/mol. The molecule has 4 rings (SSSR count). The number of H-pyrrole nitrogens is 1. The number of hydrogen-bond donors (Lipinski definition) is 1. The van der Waals surface area contributed by atoms with Gasteiger partial charge >= 0.3 is 0 Å². The molecule has 1 amide bonds. The van der Waals surface area contributed by atoms with Crippen molar-refractivity contribution in [2.45, 2.75) is 24.2 Å². The van der Waals surface area contributed by atoms with Crippen molar-refractivity contribution in [3.05, 3.63) is 63.9 Å². The average Bonchev–Trinajstić information content (AvgIpc) is 2.73. The van der Waals surface area contributed by atoms with Gasteiger partial charge in [-0.2, -0.15) is 0 Å². The maximum atomic E-state index is 12.9. The second-order valence-corrected chi connectivity index (χ2v) is 8.37. The number of carbonyl (C=O) groups excluding carboxylic acids is 1. The number of nitrogens with one attached hydrogen (secondary N) is 1. The number of pyridine rings is 1. The number of amides is 1. The van der Waals surface area contributed by atoms with E-state index in [4.69, 9.17) is 11.6 Å². The molecule has 144 valence electrons. The van der Waals surface area contributed by atoms with E-state index < -0.39 is 0 Å². The second-order valence-electron chi connectivity index (χ2n) is 6.94. The Labute approximate surface area is 172 Å². The van der Waals surface area contributed by atoms with E-state index >= 15 is 0 Å². The Kier molecular flexibility index (Phi) is 5.74. The van der Waals surface area contributed by atoms with Crippen LogP contribution in [0.4, 0.5) is 0 Å². The first kappa shape index (κ1) is 19.1. The monoisotopic (exact) mass is 412 g/mol. The fourth-order valence-electron chi connectivity index (χ4n) is 3.64. The van der Waals surface area contributed by atoms with Crippen molar-refractivity contribution in [2.24, 2.45) is 0 Å². The number of nitrogens with zero attached hydrogens (tertiary/aromatic N) is 1. The number of likely N-dealkylation sites (tertiary alicyclic amines) is 1. The molecule has 0 aliphatic carbocycles. The first-order valence-electron chi connectivity index (χ1n) is 9.45. The molecule has 4 nitrogen and oxygen atoms in total. The van der Waals surface area contributed by atoms with Crippen molar-refractivity contribution < 1.29 is 4.79 Å². The molecule has 0 spiro atoms. The van der Waals surface area contributed by atoms with E-state index in [1.807, 2.05) is 47.4 Å².